The highest BCUT2D eigenvalue weighted by molar-refractivity contribution is 6.31. The molecule has 16 heavy (non-hydrogen) atoms. The summed E-state index contributed by atoms with van der Waals surface area (Å²) in [4.78, 5) is 17.3. The molecule has 0 aliphatic heterocycles. The number of ether oxygens (including phenoxy) is 1. The number of rotatable bonds is 2. The molecule has 0 unspecified atom stereocenters. The first-order valence-corrected chi connectivity index (χ1v) is 4.81. The molecular weight excluding hydrogens is 230 g/mol. The van der Waals surface area contributed by atoms with Gasteiger partial charge in [-0.05, 0) is 24.3 Å². The van der Waals surface area contributed by atoms with Crippen molar-refractivity contribution in [1.29, 1.82) is 0 Å². The Morgan fingerprint density at radius 2 is 2.00 bits per heavy atom. The summed E-state index contributed by atoms with van der Waals surface area (Å²) in [6.45, 7) is 0. The van der Waals surface area contributed by atoms with Crippen molar-refractivity contribution >= 4 is 17.3 Å². The first-order chi connectivity index (χ1) is 7.66. The average molecular weight is 238 g/mol. The Kier molecular flexibility index (Phi) is 2.78. The van der Waals surface area contributed by atoms with Gasteiger partial charge in [-0.15, -0.1) is 0 Å². The van der Waals surface area contributed by atoms with E-state index in [-0.39, 0.29) is 10.9 Å². The second-order valence-corrected chi connectivity index (χ2v) is 3.40. The van der Waals surface area contributed by atoms with Crippen LogP contribution in [0.15, 0.2) is 35.4 Å². The lowest BCUT2D eigenvalue weighted by Gasteiger charge is -2.05. The van der Waals surface area contributed by atoms with E-state index >= 15 is 0 Å². The molecule has 0 fully saturated rings. The first-order valence-electron chi connectivity index (χ1n) is 4.43. The smallest absolute Gasteiger partial charge is 0.273 e. The van der Waals surface area contributed by atoms with Gasteiger partial charge < -0.3 is 15.5 Å². The van der Waals surface area contributed by atoms with Gasteiger partial charge in [0.15, 0.2) is 5.02 Å². The monoisotopic (exact) mass is 237 g/mol. The predicted octanol–water partition coefficient (Wildman–Crippen LogP) is 1.80. The van der Waals surface area contributed by atoms with Gasteiger partial charge >= 0.3 is 0 Å². The zero-order chi connectivity index (χ0) is 11.5. The second kappa shape index (κ2) is 4.24. The molecule has 6 heteroatoms. The van der Waals surface area contributed by atoms with Crippen molar-refractivity contribution in [3.63, 3.8) is 0 Å². The summed E-state index contributed by atoms with van der Waals surface area (Å²) >= 11 is 5.72. The molecule has 0 aliphatic carbocycles. The molecule has 0 radical (unpaired) electrons. The molecule has 0 bridgehead atoms. The molecule has 5 nitrogen and oxygen atoms in total. The summed E-state index contributed by atoms with van der Waals surface area (Å²) in [7, 11) is 0. The zero-order valence-corrected chi connectivity index (χ0v) is 8.86. The van der Waals surface area contributed by atoms with Gasteiger partial charge in [0.2, 0.25) is 5.88 Å². The fourth-order valence-electron chi connectivity index (χ4n) is 1.09. The van der Waals surface area contributed by atoms with Crippen LogP contribution >= 0.6 is 11.6 Å². The van der Waals surface area contributed by atoms with Crippen LogP contribution in [0.3, 0.4) is 0 Å². The number of halogens is 1. The lowest BCUT2D eigenvalue weighted by molar-refractivity contribution is 0.461. The molecule has 82 valence electrons. The standard InChI is InChI=1S/C10H8ClN3O2/c11-8-9(15)13-5-14-10(8)16-7-3-1-6(12)2-4-7/h1-5H,12H2,(H,13,14,15). The van der Waals surface area contributed by atoms with E-state index in [9.17, 15) is 4.79 Å². The molecule has 0 amide bonds. The Bertz CT molecular complexity index is 551. The lowest BCUT2D eigenvalue weighted by atomic mass is 10.3. The third-order valence-corrected chi connectivity index (χ3v) is 2.19. The average Bonchev–Trinajstić information content (AvgIpc) is 2.28. The van der Waals surface area contributed by atoms with Gasteiger partial charge in [0.05, 0.1) is 6.33 Å². The first kappa shape index (κ1) is 10.5. The van der Waals surface area contributed by atoms with Crippen LogP contribution in [0.2, 0.25) is 5.02 Å². The highest BCUT2D eigenvalue weighted by atomic mass is 35.5. The molecule has 2 rings (SSSR count). The van der Waals surface area contributed by atoms with Crippen molar-refractivity contribution in [1.82, 2.24) is 9.97 Å². The van der Waals surface area contributed by atoms with E-state index in [2.05, 4.69) is 9.97 Å². The topological polar surface area (TPSA) is 81.0 Å². The summed E-state index contributed by atoms with van der Waals surface area (Å²) in [5.74, 6) is 0.574. The van der Waals surface area contributed by atoms with E-state index in [0.29, 0.717) is 11.4 Å². The SMILES string of the molecule is Nc1ccc(Oc2nc[nH]c(=O)c2Cl)cc1. The fourth-order valence-corrected chi connectivity index (χ4v) is 1.23. The van der Waals surface area contributed by atoms with Crippen LogP contribution in [0.4, 0.5) is 5.69 Å². The molecule has 2 aromatic rings. The van der Waals surface area contributed by atoms with Crippen molar-refractivity contribution in [3.05, 3.63) is 46.0 Å². The summed E-state index contributed by atoms with van der Waals surface area (Å²) in [6, 6.07) is 6.68. The summed E-state index contributed by atoms with van der Waals surface area (Å²) in [5.41, 5.74) is 5.70. The van der Waals surface area contributed by atoms with E-state index in [0.717, 1.165) is 0 Å². The number of nitrogens with one attached hydrogen (secondary N) is 1. The highest BCUT2D eigenvalue weighted by Gasteiger charge is 2.07. The van der Waals surface area contributed by atoms with Gasteiger partial charge in [-0.1, -0.05) is 11.6 Å². The van der Waals surface area contributed by atoms with E-state index in [1.54, 1.807) is 24.3 Å². The maximum atomic E-state index is 11.2. The Labute approximate surface area is 95.8 Å². The maximum absolute atomic E-state index is 11.2. The Balaban J connectivity index is 2.30. The van der Waals surface area contributed by atoms with E-state index in [1.165, 1.54) is 6.33 Å². The molecule has 0 atom stereocenters. The van der Waals surface area contributed by atoms with Crippen LogP contribution < -0.4 is 16.0 Å². The Morgan fingerprint density at radius 1 is 1.31 bits per heavy atom. The molecule has 0 saturated heterocycles. The molecule has 0 saturated carbocycles. The number of H-pyrrole nitrogens is 1. The third kappa shape index (κ3) is 2.14. The van der Waals surface area contributed by atoms with Gasteiger partial charge in [-0.2, -0.15) is 0 Å². The van der Waals surface area contributed by atoms with E-state index < -0.39 is 5.56 Å². The fraction of sp³-hybridized carbons (Fsp3) is 0. The normalized spacial score (nSPS) is 10.1. The number of nitrogens with zero attached hydrogens (tertiary/aromatic N) is 1. The summed E-state index contributed by atoms with van der Waals surface area (Å²) < 4.78 is 5.33. The van der Waals surface area contributed by atoms with Gasteiger partial charge in [-0.3, -0.25) is 4.79 Å². The van der Waals surface area contributed by atoms with Crippen molar-refractivity contribution < 1.29 is 4.74 Å². The number of nitrogen functional groups attached to an aromatic ring is 1. The maximum Gasteiger partial charge on any atom is 0.273 e. The largest absolute Gasteiger partial charge is 0.437 e. The lowest BCUT2D eigenvalue weighted by Crippen LogP contribution is -2.07. The molecule has 1 aromatic heterocycles. The number of benzene rings is 1. The van der Waals surface area contributed by atoms with Crippen molar-refractivity contribution in [2.75, 3.05) is 5.73 Å². The number of aromatic nitrogens is 2. The van der Waals surface area contributed by atoms with Crippen LogP contribution in [-0.4, -0.2) is 9.97 Å². The molecule has 3 N–H and O–H groups in total. The van der Waals surface area contributed by atoms with Gasteiger partial charge in [0, 0.05) is 5.69 Å². The van der Waals surface area contributed by atoms with Crippen molar-refractivity contribution in [3.8, 4) is 11.6 Å². The highest BCUT2D eigenvalue weighted by Crippen LogP contribution is 2.23. The predicted molar refractivity (Wildman–Crippen MR) is 60.8 cm³/mol. The van der Waals surface area contributed by atoms with Crippen LogP contribution in [0.1, 0.15) is 0 Å². The van der Waals surface area contributed by atoms with Crippen molar-refractivity contribution in [2.24, 2.45) is 0 Å². The number of hydrogen-bond donors (Lipinski definition) is 2. The summed E-state index contributed by atoms with van der Waals surface area (Å²) in [6.07, 6.45) is 1.22. The molecule has 0 aliphatic rings. The van der Waals surface area contributed by atoms with Gasteiger partial charge in [0.1, 0.15) is 5.75 Å². The van der Waals surface area contributed by atoms with Crippen molar-refractivity contribution in [2.45, 2.75) is 0 Å². The number of nitrogens with two attached hydrogens (primary N) is 1. The van der Waals surface area contributed by atoms with Crippen LogP contribution in [0.25, 0.3) is 0 Å². The molecule has 1 heterocycles. The minimum absolute atomic E-state index is 0.0650. The molecule has 1 aromatic carbocycles. The number of aromatic amines is 1. The number of anilines is 1. The van der Waals surface area contributed by atoms with Crippen LogP contribution in [-0.2, 0) is 0 Å². The van der Waals surface area contributed by atoms with Gasteiger partial charge in [0.25, 0.3) is 5.56 Å². The summed E-state index contributed by atoms with van der Waals surface area (Å²) in [5, 5.41) is -0.0840. The van der Waals surface area contributed by atoms with Crippen LogP contribution in [0, 0.1) is 0 Å². The molecule has 0 spiro atoms. The molecular formula is C10H8ClN3O2. The Morgan fingerprint density at radius 3 is 2.69 bits per heavy atom. The minimum atomic E-state index is -0.442. The number of hydrogen-bond acceptors (Lipinski definition) is 4. The minimum Gasteiger partial charge on any atom is -0.437 e. The third-order valence-electron chi connectivity index (χ3n) is 1.86. The van der Waals surface area contributed by atoms with Gasteiger partial charge in [-0.25, -0.2) is 4.98 Å². The Hall–Kier alpha value is -2.01. The van der Waals surface area contributed by atoms with E-state index in [1.807, 2.05) is 0 Å². The zero-order valence-electron chi connectivity index (χ0n) is 8.11. The van der Waals surface area contributed by atoms with E-state index in [4.69, 9.17) is 22.1 Å². The second-order valence-electron chi connectivity index (χ2n) is 3.02. The van der Waals surface area contributed by atoms with Crippen LogP contribution in [0.5, 0.6) is 11.6 Å². The quantitative estimate of drug-likeness (QED) is 0.781.